The normalized spacial score (nSPS) is 7.67. The molecule has 0 heterocycles. The van der Waals surface area contributed by atoms with Crippen molar-refractivity contribution < 1.29 is 9.18 Å². The number of allylic oxidation sites excluding steroid dienone is 1. The molecule has 0 saturated heterocycles. The topological polar surface area (TPSA) is 17.1 Å². The first-order chi connectivity index (χ1) is 2.64. The molecular formula is C3H2FOSi. The second kappa shape index (κ2) is 1.87. The number of hydrogen-bond acceptors (Lipinski definition) is 1. The highest BCUT2D eigenvalue weighted by atomic mass is 28.1. The lowest BCUT2D eigenvalue weighted by atomic mass is 10.7. The van der Waals surface area contributed by atoms with E-state index in [1.165, 1.54) is 0 Å². The van der Waals surface area contributed by atoms with Crippen molar-refractivity contribution in [1.82, 2.24) is 0 Å². The van der Waals surface area contributed by atoms with Gasteiger partial charge in [-0.25, -0.2) is 0 Å². The zero-order chi connectivity index (χ0) is 5.15. The van der Waals surface area contributed by atoms with Gasteiger partial charge < -0.3 is 0 Å². The molecular weight excluding hydrogens is 99.1 g/mol. The van der Waals surface area contributed by atoms with Crippen molar-refractivity contribution in [3.8, 4) is 0 Å². The Morgan fingerprint density at radius 2 is 2.00 bits per heavy atom. The molecule has 0 saturated carbocycles. The van der Waals surface area contributed by atoms with Crippen LogP contribution in [-0.2, 0) is 4.79 Å². The van der Waals surface area contributed by atoms with E-state index in [0.29, 0.717) is 0 Å². The summed E-state index contributed by atoms with van der Waals surface area (Å²) in [7, 11) is 2.56. The second-order valence-corrected chi connectivity index (χ2v) is 1.36. The Labute approximate surface area is 38.3 Å². The molecule has 0 atom stereocenters. The first-order valence-corrected chi connectivity index (χ1v) is 1.75. The van der Waals surface area contributed by atoms with E-state index in [1.54, 1.807) is 0 Å². The minimum Gasteiger partial charge on any atom is -0.256 e. The summed E-state index contributed by atoms with van der Waals surface area (Å²) in [5.74, 6) is 0. The third-order valence-corrected chi connectivity index (χ3v) is 0.434. The lowest BCUT2D eigenvalue weighted by Crippen LogP contribution is -1.88. The van der Waals surface area contributed by atoms with Crippen LogP contribution in [0, 0.1) is 0 Å². The minimum atomic E-state index is -1.52. The van der Waals surface area contributed by atoms with Crippen LogP contribution in [-0.4, -0.2) is 16.3 Å². The maximum absolute atomic E-state index is 11.0. The van der Waals surface area contributed by atoms with E-state index in [0.717, 1.165) is 0 Å². The van der Waals surface area contributed by atoms with Gasteiger partial charge in [-0.05, 0) is 0 Å². The highest BCUT2D eigenvalue weighted by Crippen LogP contribution is 1.81. The summed E-state index contributed by atoms with van der Waals surface area (Å²) < 4.78 is 11.0. The van der Waals surface area contributed by atoms with Crippen molar-refractivity contribution in [2.45, 2.75) is 0 Å². The Morgan fingerprint density at radius 3 is 2.00 bits per heavy atom. The lowest BCUT2D eigenvalue weighted by molar-refractivity contribution is -0.124. The molecule has 0 aliphatic carbocycles. The highest BCUT2D eigenvalue weighted by molar-refractivity contribution is 6.34. The smallest absolute Gasteiger partial charge is 0.256 e. The largest absolute Gasteiger partial charge is 0.322 e. The second-order valence-electron chi connectivity index (χ2n) is 0.752. The van der Waals surface area contributed by atoms with Crippen molar-refractivity contribution in [3.63, 3.8) is 0 Å². The van der Waals surface area contributed by atoms with E-state index >= 15 is 0 Å². The fraction of sp³-hybridized carbons (Fsp3) is 0. The molecule has 3 radical (unpaired) electrons. The van der Waals surface area contributed by atoms with Crippen molar-refractivity contribution in [2.24, 2.45) is 0 Å². The predicted molar refractivity (Wildman–Crippen MR) is 21.0 cm³/mol. The van der Waals surface area contributed by atoms with Gasteiger partial charge in [0.25, 0.3) is 0 Å². The molecule has 0 amide bonds. The Morgan fingerprint density at radius 1 is 1.83 bits per heavy atom. The van der Waals surface area contributed by atoms with Crippen LogP contribution in [0.25, 0.3) is 0 Å². The first kappa shape index (κ1) is 5.56. The fourth-order valence-electron chi connectivity index (χ4n) is 0. The molecule has 0 aromatic carbocycles. The van der Waals surface area contributed by atoms with Crippen LogP contribution in [0.2, 0.25) is 0 Å². The summed E-state index contributed by atoms with van der Waals surface area (Å²) in [4.78, 5) is 9.33. The molecule has 0 aliphatic rings. The van der Waals surface area contributed by atoms with Crippen molar-refractivity contribution in [3.05, 3.63) is 11.8 Å². The van der Waals surface area contributed by atoms with Gasteiger partial charge in [0.2, 0.25) is 0 Å². The number of halogens is 1. The van der Waals surface area contributed by atoms with Crippen LogP contribution in [0.5, 0.6) is 0 Å². The average molecular weight is 101 g/mol. The van der Waals surface area contributed by atoms with Gasteiger partial charge in [-0.2, -0.15) is 4.39 Å². The minimum absolute atomic E-state index is 0.241. The van der Waals surface area contributed by atoms with E-state index < -0.39 is 6.04 Å². The quantitative estimate of drug-likeness (QED) is 0.261. The lowest BCUT2D eigenvalue weighted by Gasteiger charge is -1.75. The molecule has 6 heavy (non-hydrogen) atoms. The zero-order valence-electron chi connectivity index (χ0n) is 2.99. The van der Waals surface area contributed by atoms with E-state index in [9.17, 15) is 9.18 Å². The molecule has 0 spiro atoms. The van der Waals surface area contributed by atoms with Crippen LogP contribution in [0.15, 0.2) is 11.8 Å². The Kier molecular flexibility index (Phi) is 1.73. The van der Waals surface area contributed by atoms with Gasteiger partial charge in [0.15, 0.2) is 0 Å². The summed E-state index contributed by atoms with van der Waals surface area (Å²) in [6.07, 6.45) is 0. The molecule has 31 valence electrons. The third kappa shape index (κ3) is 1.84. The molecule has 0 N–H and O–H groups in total. The first-order valence-electron chi connectivity index (χ1n) is 1.25. The van der Waals surface area contributed by atoms with E-state index in [4.69, 9.17) is 0 Å². The highest BCUT2D eigenvalue weighted by Gasteiger charge is 1.92. The molecule has 0 aromatic rings. The molecule has 0 bridgehead atoms. The molecule has 3 heteroatoms. The summed E-state index contributed by atoms with van der Waals surface area (Å²) in [6, 6.07) is -1.52. The molecule has 0 fully saturated rings. The number of carbonyl (C=O) groups is 1. The summed E-state index contributed by atoms with van der Waals surface area (Å²) >= 11 is 0. The van der Waals surface area contributed by atoms with E-state index in [2.05, 4.69) is 16.8 Å². The zero-order valence-corrected chi connectivity index (χ0v) is 3.99. The molecule has 0 aliphatic heterocycles. The Balaban J connectivity index is 3.57. The van der Waals surface area contributed by atoms with Gasteiger partial charge >= 0.3 is 6.04 Å². The number of rotatable bonds is 1. The van der Waals surface area contributed by atoms with Gasteiger partial charge in [0.1, 0.15) is 0 Å². The Hall–Kier alpha value is -0.443. The van der Waals surface area contributed by atoms with Gasteiger partial charge in [-0.1, -0.05) is 6.58 Å². The molecule has 1 nitrogen and oxygen atoms in total. The van der Waals surface area contributed by atoms with E-state index in [1.807, 2.05) is 0 Å². The Bertz CT molecular complexity index is 76.8. The SMILES string of the molecule is C=C([Si])C(=O)F. The van der Waals surface area contributed by atoms with Gasteiger partial charge in [0.05, 0.1) is 10.2 Å². The monoisotopic (exact) mass is 101 g/mol. The van der Waals surface area contributed by atoms with Crippen LogP contribution < -0.4 is 0 Å². The van der Waals surface area contributed by atoms with Crippen molar-refractivity contribution >= 4 is 16.3 Å². The molecule has 0 aromatic heterocycles. The summed E-state index contributed by atoms with van der Waals surface area (Å²) in [6.45, 7) is 2.94. The third-order valence-electron chi connectivity index (χ3n) is 0.237. The molecule has 0 rings (SSSR count). The summed E-state index contributed by atoms with van der Waals surface area (Å²) in [5.41, 5.74) is 0. The maximum atomic E-state index is 11.0. The maximum Gasteiger partial charge on any atom is 0.322 e. The standard InChI is InChI=1S/C3H2FOSi/c1-2(6)3(4)5/h1H2. The summed E-state index contributed by atoms with van der Waals surface area (Å²) in [5, 5.41) is -0.241. The van der Waals surface area contributed by atoms with Gasteiger partial charge in [-0.3, -0.25) is 4.79 Å². The van der Waals surface area contributed by atoms with Crippen LogP contribution in [0.4, 0.5) is 4.39 Å². The average Bonchev–Trinajstić information content (AvgIpc) is 1.36. The number of hydrogen-bond donors (Lipinski definition) is 0. The van der Waals surface area contributed by atoms with Crippen molar-refractivity contribution in [2.75, 3.05) is 0 Å². The van der Waals surface area contributed by atoms with Crippen LogP contribution >= 0.6 is 0 Å². The van der Waals surface area contributed by atoms with Crippen LogP contribution in [0.3, 0.4) is 0 Å². The van der Waals surface area contributed by atoms with Crippen molar-refractivity contribution in [1.29, 1.82) is 0 Å². The molecule has 0 unspecified atom stereocenters. The fourth-order valence-corrected chi connectivity index (χ4v) is 0. The predicted octanol–water partition coefficient (Wildman–Crippen LogP) is 0.165. The van der Waals surface area contributed by atoms with Gasteiger partial charge in [-0.15, -0.1) is 0 Å². The van der Waals surface area contributed by atoms with Gasteiger partial charge in [0, 0.05) is 5.20 Å². The van der Waals surface area contributed by atoms with Crippen LogP contribution in [0.1, 0.15) is 0 Å². The number of carbonyl (C=O) groups excluding carboxylic acids is 1. The van der Waals surface area contributed by atoms with E-state index in [-0.39, 0.29) is 5.20 Å².